The predicted octanol–water partition coefficient (Wildman–Crippen LogP) is 1.94. The number of likely N-dealkylation sites (tertiary alicyclic amines) is 1. The van der Waals surface area contributed by atoms with E-state index in [1.807, 2.05) is 17.9 Å². The number of hydrogen-bond acceptors (Lipinski definition) is 6. The summed E-state index contributed by atoms with van der Waals surface area (Å²) in [6.45, 7) is 8.36. The lowest BCUT2D eigenvalue weighted by Crippen LogP contribution is -2.49. The highest BCUT2D eigenvalue weighted by Gasteiger charge is 2.24. The van der Waals surface area contributed by atoms with Crippen molar-refractivity contribution >= 4 is 23.7 Å². The van der Waals surface area contributed by atoms with E-state index in [9.17, 15) is 14.4 Å². The highest BCUT2D eigenvalue weighted by atomic mass is 16.5. The Morgan fingerprint density at radius 1 is 1.00 bits per heavy atom. The summed E-state index contributed by atoms with van der Waals surface area (Å²) in [5.41, 5.74) is 2.12. The van der Waals surface area contributed by atoms with E-state index in [2.05, 4.69) is 27.4 Å². The quantitative estimate of drug-likeness (QED) is 0.696. The van der Waals surface area contributed by atoms with Gasteiger partial charge in [-0.2, -0.15) is 4.68 Å². The third-order valence-corrected chi connectivity index (χ3v) is 6.16. The molecule has 1 aromatic carbocycles. The maximum Gasteiger partial charge on any atom is 0.344 e. The largest absolute Gasteiger partial charge is 0.483 e. The normalized spacial score (nSPS) is 16.5. The van der Waals surface area contributed by atoms with E-state index in [0.717, 1.165) is 42.8 Å². The molecule has 0 unspecified atom stereocenters. The second-order valence-electron chi connectivity index (χ2n) is 8.86. The fourth-order valence-corrected chi connectivity index (χ4v) is 4.28. The van der Waals surface area contributed by atoms with Gasteiger partial charge in [-0.15, -0.1) is 5.10 Å². The molecule has 1 aromatic heterocycles. The van der Waals surface area contributed by atoms with E-state index >= 15 is 0 Å². The molecule has 4 rings (SSSR count). The Hall–Kier alpha value is -3.40. The van der Waals surface area contributed by atoms with E-state index in [0.29, 0.717) is 38.5 Å². The Balaban J connectivity index is 1.31. The molecule has 34 heavy (non-hydrogen) atoms. The number of piperazine rings is 1. The maximum atomic E-state index is 12.8. The first-order valence-corrected chi connectivity index (χ1v) is 11.7. The first-order chi connectivity index (χ1) is 16.4. The van der Waals surface area contributed by atoms with Crippen molar-refractivity contribution in [2.75, 3.05) is 51.2 Å². The molecular weight excluding hydrogens is 436 g/mol. The minimum absolute atomic E-state index is 0.0392. The molecule has 2 aliphatic heterocycles. The second-order valence-corrected chi connectivity index (χ2v) is 8.86. The van der Waals surface area contributed by atoms with Crippen molar-refractivity contribution in [3.05, 3.63) is 41.6 Å². The minimum Gasteiger partial charge on any atom is -0.483 e. The first-order valence-electron chi connectivity index (χ1n) is 11.7. The van der Waals surface area contributed by atoms with Crippen molar-refractivity contribution in [2.24, 2.45) is 0 Å². The van der Waals surface area contributed by atoms with Crippen molar-refractivity contribution in [1.82, 2.24) is 24.5 Å². The number of benzene rings is 1. The molecular formula is C24H32N6O4. The summed E-state index contributed by atoms with van der Waals surface area (Å²) < 4.78 is 7.21. The number of nitrogens with one attached hydrogen (secondary N) is 1. The van der Waals surface area contributed by atoms with Crippen LogP contribution in [0.3, 0.4) is 0 Å². The molecule has 0 saturated carbocycles. The molecule has 182 valence electrons. The van der Waals surface area contributed by atoms with Gasteiger partial charge in [0.2, 0.25) is 5.91 Å². The van der Waals surface area contributed by atoms with Gasteiger partial charge in [0.1, 0.15) is 5.75 Å². The number of anilines is 1. The van der Waals surface area contributed by atoms with Gasteiger partial charge in [-0.3, -0.25) is 14.5 Å². The summed E-state index contributed by atoms with van der Waals surface area (Å²) in [5.74, 6) is 0.909. The predicted molar refractivity (Wildman–Crippen MR) is 127 cm³/mol. The molecule has 10 heteroatoms. The summed E-state index contributed by atoms with van der Waals surface area (Å²) in [5, 5.41) is 6.70. The van der Waals surface area contributed by atoms with Gasteiger partial charge in [0.15, 0.2) is 12.4 Å². The number of hydrogen-bond donors (Lipinski definition) is 1. The van der Waals surface area contributed by atoms with Gasteiger partial charge in [0.05, 0.1) is 0 Å². The zero-order valence-electron chi connectivity index (χ0n) is 19.8. The number of aromatic nitrogens is 2. The number of amides is 3. The highest BCUT2D eigenvalue weighted by Crippen LogP contribution is 2.23. The number of ether oxygens (including phenoxy) is 1. The van der Waals surface area contributed by atoms with Crippen LogP contribution in [0, 0.1) is 6.92 Å². The summed E-state index contributed by atoms with van der Waals surface area (Å²) in [7, 11) is 0. The van der Waals surface area contributed by atoms with E-state index in [-0.39, 0.29) is 24.5 Å². The standard InChI is InChI=1S/C24H32N6O4/c1-18-5-6-20(21(15-18)34-17-23(32)28-8-3-4-9-28)16-27-11-13-29(14-12-27)24(33)30-10-7-22(26-30)25-19(2)31/h5-7,10,15H,3-4,8-9,11-14,16-17H2,1-2H3,(H,25,26,31). The van der Waals surface area contributed by atoms with Gasteiger partial charge >= 0.3 is 6.03 Å². The van der Waals surface area contributed by atoms with Crippen molar-refractivity contribution in [3.63, 3.8) is 0 Å². The molecule has 0 spiro atoms. The number of carbonyl (C=O) groups excluding carboxylic acids is 3. The number of aryl methyl sites for hydroxylation is 1. The number of nitrogens with zero attached hydrogens (tertiary/aromatic N) is 5. The summed E-state index contributed by atoms with van der Waals surface area (Å²) in [6, 6.07) is 7.47. The highest BCUT2D eigenvalue weighted by molar-refractivity contribution is 5.88. The molecule has 2 saturated heterocycles. The van der Waals surface area contributed by atoms with Crippen LogP contribution in [-0.2, 0) is 16.1 Å². The van der Waals surface area contributed by atoms with Crippen LogP contribution in [-0.4, -0.2) is 88.2 Å². The summed E-state index contributed by atoms with van der Waals surface area (Å²) in [4.78, 5) is 42.2. The lowest BCUT2D eigenvalue weighted by Gasteiger charge is -2.34. The first kappa shape index (κ1) is 23.7. The Labute approximate surface area is 199 Å². The van der Waals surface area contributed by atoms with Gasteiger partial charge in [0, 0.05) is 70.6 Å². The SMILES string of the molecule is CC(=O)Nc1ccn(C(=O)N2CCN(Cc3ccc(C)cc3OCC(=O)N3CCCC3)CC2)n1. The van der Waals surface area contributed by atoms with Crippen LogP contribution in [0.15, 0.2) is 30.5 Å². The van der Waals surface area contributed by atoms with Crippen molar-refractivity contribution in [3.8, 4) is 5.75 Å². The van der Waals surface area contributed by atoms with Crippen molar-refractivity contribution < 1.29 is 19.1 Å². The molecule has 2 aromatic rings. The topological polar surface area (TPSA) is 100 Å². The molecule has 0 atom stereocenters. The monoisotopic (exact) mass is 468 g/mol. The van der Waals surface area contributed by atoms with Crippen molar-refractivity contribution in [2.45, 2.75) is 33.2 Å². The molecule has 3 amide bonds. The average Bonchev–Trinajstić information content (AvgIpc) is 3.51. The van der Waals surface area contributed by atoms with Crippen LogP contribution < -0.4 is 10.1 Å². The van der Waals surface area contributed by atoms with Crippen LogP contribution in [0.1, 0.15) is 30.9 Å². The number of carbonyl (C=O) groups is 3. The van der Waals surface area contributed by atoms with E-state index in [4.69, 9.17) is 4.74 Å². The third-order valence-electron chi connectivity index (χ3n) is 6.16. The zero-order valence-corrected chi connectivity index (χ0v) is 19.8. The van der Waals surface area contributed by atoms with Gasteiger partial charge in [0.25, 0.3) is 5.91 Å². The van der Waals surface area contributed by atoms with Crippen molar-refractivity contribution in [1.29, 1.82) is 0 Å². The molecule has 0 radical (unpaired) electrons. The molecule has 3 heterocycles. The average molecular weight is 469 g/mol. The van der Waals surface area contributed by atoms with Crippen LogP contribution in [0.4, 0.5) is 10.6 Å². The lowest BCUT2D eigenvalue weighted by molar-refractivity contribution is -0.132. The second kappa shape index (κ2) is 10.7. The smallest absolute Gasteiger partial charge is 0.344 e. The maximum absolute atomic E-state index is 12.8. The Morgan fingerprint density at radius 3 is 2.44 bits per heavy atom. The lowest BCUT2D eigenvalue weighted by atomic mass is 10.1. The van der Waals surface area contributed by atoms with Crippen LogP contribution >= 0.6 is 0 Å². The molecule has 2 aliphatic rings. The Morgan fingerprint density at radius 2 is 1.74 bits per heavy atom. The molecule has 1 N–H and O–H groups in total. The Bertz CT molecular complexity index is 1040. The Kier molecular flexibility index (Phi) is 7.46. The van der Waals surface area contributed by atoms with E-state index in [1.54, 1.807) is 17.2 Å². The fraction of sp³-hybridized carbons (Fsp3) is 0.500. The molecule has 10 nitrogen and oxygen atoms in total. The van der Waals surface area contributed by atoms with E-state index < -0.39 is 0 Å². The number of rotatable bonds is 6. The fourth-order valence-electron chi connectivity index (χ4n) is 4.28. The minimum atomic E-state index is -0.230. The third kappa shape index (κ3) is 5.93. The van der Waals surface area contributed by atoms with Crippen LogP contribution in [0.5, 0.6) is 5.75 Å². The summed E-state index contributed by atoms with van der Waals surface area (Å²) in [6.07, 6.45) is 3.68. The molecule has 0 bridgehead atoms. The van der Waals surface area contributed by atoms with Crippen LogP contribution in [0.25, 0.3) is 0 Å². The van der Waals surface area contributed by atoms with E-state index in [1.165, 1.54) is 11.6 Å². The van der Waals surface area contributed by atoms with Gasteiger partial charge in [-0.1, -0.05) is 12.1 Å². The van der Waals surface area contributed by atoms with Gasteiger partial charge in [-0.25, -0.2) is 4.79 Å². The summed E-state index contributed by atoms with van der Waals surface area (Å²) >= 11 is 0. The van der Waals surface area contributed by atoms with Crippen LogP contribution in [0.2, 0.25) is 0 Å². The zero-order chi connectivity index (χ0) is 24.1. The van der Waals surface area contributed by atoms with Gasteiger partial charge in [-0.05, 0) is 31.4 Å². The molecule has 2 fully saturated rings. The molecule has 0 aliphatic carbocycles. The van der Waals surface area contributed by atoms with Gasteiger partial charge < -0.3 is 19.9 Å².